The number of rotatable bonds is 9. The normalized spacial score (nSPS) is 37.8. The predicted octanol–water partition coefficient (Wildman–Crippen LogP) is 3.24. The first kappa shape index (κ1) is 39.7. The molecular formula is C37H55NO10. The van der Waals surface area contributed by atoms with Crippen LogP contribution in [0.15, 0.2) is 54.1 Å². The molecule has 0 amide bonds. The largest absolute Gasteiger partial charge is 0.462 e. The Hall–Kier alpha value is -2.77. The van der Waals surface area contributed by atoms with E-state index in [9.17, 15) is 29.7 Å². The van der Waals surface area contributed by atoms with E-state index >= 15 is 0 Å². The molecule has 1 aromatic rings. The van der Waals surface area contributed by atoms with E-state index in [1.165, 1.54) is 6.08 Å². The molecule has 268 valence electrons. The van der Waals surface area contributed by atoms with Gasteiger partial charge in [-0.1, -0.05) is 68.8 Å². The first-order valence-electron chi connectivity index (χ1n) is 17.0. The molecule has 3 N–H and O–H groups in total. The van der Waals surface area contributed by atoms with Crippen molar-refractivity contribution >= 4 is 18.0 Å². The Balaban J connectivity index is 1.91. The van der Waals surface area contributed by atoms with Crippen molar-refractivity contribution in [1.29, 1.82) is 0 Å². The van der Waals surface area contributed by atoms with Crippen LogP contribution in [0.25, 0.3) is 0 Å². The molecule has 3 rings (SSSR count). The van der Waals surface area contributed by atoms with Gasteiger partial charge in [-0.25, -0.2) is 0 Å². The number of aliphatic hydroxyl groups is 3. The van der Waals surface area contributed by atoms with Gasteiger partial charge in [-0.2, -0.15) is 0 Å². The summed E-state index contributed by atoms with van der Waals surface area (Å²) in [7, 11) is 3.43. The van der Waals surface area contributed by atoms with Crippen LogP contribution in [-0.2, 0) is 39.9 Å². The van der Waals surface area contributed by atoms with Crippen LogP contribution in [0.1, 0.15) is 59.4 Å². The quantitative estimate of drug-likeness (QED) is 0.262. The van der Waals surface area contributed by atoms with Gasteiger partial charge < -0.3 is 44.0 Å². The number of aldehydes is 1. The number of carbonyl (C=O) groups is 3. The summed E-state index contributed by atoms with van der Waals surface area (Å²) in [6, 6.07) is 9.00. The van der Waals surface area contributed by atoms with Crippen molar-refractivity contribution in [2.45, 2.75) is 109 Å². The van der Waals surface area contributed by atoms with Gasteiger partial charge in [0.15, 0.2) is 12.1 Å². The predicted molar refractivity (Wildman–Crippen MR) is 179 cm³/mol. The Bertz CT molecular complexity index is 1240. The van der Waals surface area contributed by atoms with Gasteiger partial charge in [0.25, 0.3) is 0 Å². The number of hydrogen-bond donors (Lipinski definition) is 3. The molecule has 0 spiro atoms. The van der Waals surface area contributed by atoms with Crippen LogP contribution in [-0.4, -0.2) is 108 Å². The van der Waals surface area contributed by atoms with E-state index < -0.39 is 72.7 Å². The van der Waals surface area contributed by atoms with Crippen LogP contribution >= 0.6 is 0 Å². The molecule has 0 aromatic heterocycles. The average molecular weight is 674 g/mol. The van der Waals surface area contributed by atoms with E-state index in [4.69, 9.17) is 18.9 Å². The highest BCUT2D eigenvalue weighted by molar-refractivity contribution is 5.92. The fourth-order valence-corrected chi connectivity index (χ4v) is 6.48. The summed E-state index contributed by atoms with van der Waals surface area (Å²) >= 11 is 0. The maximum atomic E-state index is 13.3. The van der Waals surface area contributed by atoms with E-state index in [1.54, 1.807) is 45.8 Å². The van der Waals surface area contributed by atoms with Crippen molar-refractivity contribution in [2.75, 3.05) is 20.7 Å². The number of benzene rings is 1. The van der Waals surface area contributed by atoms with Gasteiger partial charge in [0.05, 0.1) is 50.1 Å². The summed E-state index contributed by atoms with van der Waals surface area (Å²) in [6.45, 7) is 9.42. The molecule has 1 saturated heterocycles. The lowest BCUT2D eigenvalue weighted by Crippen LogP contribution is -2.63. The van der Waals surface area contributed by atoms with E-state index in [1.807, 2.05) is 50.3 Å². The standard InChI is InChI=1S/C37H55NO10/c1-8-31-28(21-45-20-26-12-10-9-11-13-26)16-22(2)14-15-29(40)23(3)17-27(19-39)36(24(4)30(41)18-32(42)47-31)48-37-35(44)33(38(6)7)34(43)25(5)46-37/h9-16,19,23-25,27-28,30-31,33-37,41,43-44H,8,17-18,20-21H2,1-7H3/b15-14-,22-16+/t23-,24+,25-,27?,28-,30-,31-,33+,34-,35-,36-,37+/m1/s1. The molecule has 1 unspecified atom stereocenters. The molecule has 1 aromatic carbocycles. The fourth-order valence-electron chi connectivity index (χ4n) is 6.48. The second-order valence-electron chi connectivity index (χ2n) is 13.6. The van der Waals surface area contributed by atoms with Gasteiger partial charge in [-0.15, -0.1) is 0 Å². The summed E-state index contributed by atoms with van der Waals surface area (Å²) in [5.74, 6) is -3.44. The highest BCUT2D eigenvalue weighted by atomic mass is 16.7. The number of aliphatic hydroxyl groups excluding tert-OH is 3. The van der Waals surface area contributed by atoms with Crippen molar-refractivity contribution < 1.29 is 48.7 Å². The van der Waals surface area contributed by atoms with Crippen molar-refractivity contribution in [3.63, 3.8) is 0 Å². The Labute approximate surface area is 284 Å². The number of hydrogen-bond acceptors (Lipinski definition) is 11. The monoisotopic (exact) mass is 673 g/mol. The van der Waals surface area contributed by atoms with Gasteiger partial charge in [-0.05, 0) is 52.4 Å². The van der Waals surface area contributed by atoms with Crippen LogP contribution < -0.4 is 0 Å². The lowest BCUT2D eigenvalue weighted by molar-refractivity contribution is -0.302. The lowest BCUT2D eigenvalue weighted by atomic mass is 9.81. The molecule has 2 aliphatic rings. The maximum absolute atomic E-state index is 13.3. The summed E-state index contributed by atoms with van der Waals surface area (Å²) in [4.78, 5) is 40.8. The fraction of sp³-hybridized carbons (Fsp3) is 0.649. The molecule has 0 bridgehead atoms. The molecule has 12 atom stereocenters. The third-order valence-corrected chi connectivity index (χ3v) is 9.48. The minimum Gasteiger partial charge on any atom is -0.462 e. The summed E-state index contributed by atoms with van der Waals surface area (Å²) in [5, 5.41) is 33.2. The molecule has 48 heavy (non-hydrogen) atoms. The van der Waals surface area contributed by atoms with Crippen LogP contribution in [0, 0.1) is 23.7 Å². The highest BCUT2D eigenvalue weighted by Gasteiger charge is 2.47. The summed E-state index contributed by atoms with van der Waals surface area (Å²) in [5.41, 5.74) is 1.79. The number of ether oxygens (including phenoxy) is 4. The number of carbonyl (C=O) groups excluding carboxylic acids is 3. The second-order valence-corrected chi connectivity index (χ2v) is 13.6. The van der Waals surface area contributed by atoms with Crippen molar-refractivity contribution in [2.24, 2.45) is 23.7 Å². The van der Waals surface area contributed by atoms with E-state index in [-0.39, 0.29) is 31.1 Å². The smallest absolute Gasteiger partial charge is 0.308 e. The zero-order valence-electron chi connectivity index (χ0n) is 29.3. The van der Waals surface area contributed by atoms with E-state index in [0.29, 0.717) is 19.3 Å². The minimum absolute atomic E-state index is 0.0908. The molecule has 2 heterocycles. The Morgan fingerprint density at radius 3 is 2.33 bits per heavy atom. The van der Waals surface area contributed by atoms with Crippen LogP contribution in [0.5, 0.6) is 0 Å². The zero-order valence-corrected chi connectivity index (χ0v) is 29.3. The van der Waals surface area contributed by atoms with E-state index in [0.717, 1.165) is 11.1 Å². The molecule has 11 nitrogen and oxygen atoms in total. The van der Waals surface area contributed by atoms with Crippen LogP contribution in [0.4, 0.5) is 0 Å². The zero-order chi connectivity index (χ0) is 35.5. The van der Waals surface area contributed by atoms with Crippen LogP contribution in [0.2, 0.25) is 0 Å². The number of cyclic esters (lactones) is 1. The number of esters is 1. The number of ketones is 1. The van der Waals surface area contributed by atoms with Gasteiger partial charge in [0.1, 0.15) is 18.5 Å². The first-order valence-corrected chi connectivity index (χ1v) is 17.0. The Morgan fingerprint density at radius 1 is 1.02 bits per heavy atom. The van der Waals surface area contributed by atoms with Crippen molar-refractivity contribution in [3.05, 3.63) is 59.7 Å². The lowest BCUT2D eigenvalue weighted by Gasteiger charge is -2.46. The molecular weight excluding hydrogens is 618 g/mol. The van der Waals surface area contributed by atoms with Crippen molar-refractivity contribution in [3.8, 4) is 0 Å². The SMILES string of the molecule is CC[C@H]1OC(=O)C[C@@H](O)[C@H](C)[C@@H](O[C@@H]2O[C@H](C)[C@@H](O)[C@H](N(C)C)[C@H]2O)C(C=O)C[C@@H](C)C(=O)/C=C\C(C)=C\[C@@H]1COCc1ccccc1. The topological polar surface area (TPSA) is 152 Å². The Kier molecular flexibility index (Phi) is 15.6. The second kappa shape index (κ2) is 18.8. The molecule has 11 heteroatoms. The van der Waals surface area contributed by atoms with E-state index in [2.05, 4.69) is 0 Å². The minimum atomic E-state index is -1.30. The number of likely N-dealkylation sites (N-methyl/N-ethyl adjacent to an activating group) is 1. The summed E-state index contributed by atoms with van der Waals surface area (Å²) < 4.78 is 24.1. The molecule has 0 radical (unpaired) electrons. The summed E-state index contributed by atoms with van der Waals surface area (Å²) in [6.07, 6.45) is -1.19. The number of allylic oxidation sites excluding steroid dienone is 3. The first-order chi connectivity index (χ1) is 22.8. The van der Waals surface area contributed by atoms with Gasteiger partial charge in [0, 0.05) is 23.7 Å². The maximum Gasteiger partial charge on any atom is 0.308 e. The van der Waals surface area contributed by atoms with Gasteiger partial charge in [-0.3, -0.25) is 9.59 Å². The molecule has 2 aliphatic heterocycles. The highest BCUT2D eigenvalue weighted by Crippen LogP contribution is 2.32. The van der Waals surface area contributed by atoms with Gasteiger partial charge in [0.2, 0.25) is 0 Å². The third-order valence-electron chi connectivity index (χ3n) is 9.48. The third kappa shape index (κ3) is 10.9. The molecule has 1 fully saturated rings. The van der Waals surface area contributed by atoms with Gasteiger partial charge >= 0.3 is 5.97 Å². The Morgan fingerprint density at radius 2 is 1.71 bits per heavy atom. The number of nitrogens with zero attached hydrogens (tertiary/aromatic N) is 1. The average Bonchev–Trinajstić information content (AvgIpc) is 3.05. The van der Waals surface area contributed by atoms with Crippen LogP contribution in [0.3, 0.4) is 0 Å². The molecule has 0 saturated carbocycles. The van der Waals surface area contributed by atoms with Crippen molar-refractivity contribution in [1.82, 2.24) is 4.90 Å². The molecule has 0 aliphatic carbocycles.